The molecule has 4 N–H and O–H groups in total. The van der Waals surface area contributed by atoms with Crippen LogP contribution in [0.4, 0.5) is 15.4 Å². The normalized spacial score (nSPS) is 12.2. The molecule has 0 spiro atoms. The molecule has 1 heterocycles. The van der Waals surface area contributed by atoms with Crippen molar-refractivity contribution in [2.75, 3.05) is 18.9 Å². The van der Waals surface area contributed by atoms with Gasteiger partial charge in [0, 0.05) is 6.20 Å². The van der Waals surface area contributed by atoms with E-state index in [1.54, 1.807) is 76.2 Å². The summed E-state index contributed by atoms with van der Waals surface area (Å²) in [7, 11) is 0. The lowest BCUT2D eigenvalue weighted by molar-refractivity contribution is -0.161. The molecule has 0 radical (unpaired) electrons. The van der Waals surface area contributed by atoms with Gasteiger partial charge in [-0.1, -0.05) is 88.4 Å². The van der Waals surface area contributed by atoms with Gasteiger partial charge < -0.3 is 40.1 Å². The van der Waals surface area contributed by atoms with E-state index >= 15 is 0 Å². The van der Waals surface area contributed by atoms with Crippen LogP contribution in [0.15, 0.2) is 77.7 Å². The van der Waals surface area contributed by atoms with Crippen LogP contribution < -0.4 is 22.1 Å². The zero-order chi connectivity index (χ0) is 35.8. The molecule has 49 heavy (non-hydrogen) atoms. The van der Waals surface area contributed by atoms with Crippen LogP contribution in [0.3, 0.4) is 0 Å². The van der Waals surface area contributed by atoms with Crippen molar-refractivity contribution in [3.63, 3.8) is 0 Å². The van der Waals surface area contributed by atoms with Crippen LogP contribution in [0, 0.1) is 11.8 Å². The predicted molar refractivity (Wildman–Crippen MR) is 176 cm³/mol. The number of carbonyl (C=O) groups excluding carboxylic acids is 4. The number of amides is 2. The lowest BCUT2D eigenvalue weighted by Crippen LogP contribution is -2.47. The predicted octanol–water partition coefficient (Wildman–Crippen LogP) is 3.16. The van der Waals surface area contributed by atoms with Crippen LogP contribution in [0.2, 0.25) is 0 Å². The fourth-order valence-electron chi connectivity index (χ4n) is 4.18. The van der Waals surface area contributed by atoms with Crippen molar-refractivity contribution in [3.8, 4) is 0 Å². The molecule has 0 saturated heterocycles. The van der Waals surface area contributed by atoms with Gasteiger partial charge in [-0.05, 0) is 29.0 Å². The molecule has 0 saturated carbocycles. The Kier molecular flexibility index (Phi) is 15.0. The van der Waals surface area contributed by atoms with Gasteiger partial charge in [0.1, 0.15) is 57.2 Å². The number of nitrogens with two attached hydrogens (primary N) is 1. The van der Waals surface area contributed by atoms with Crippen molar-refractivity contribution >= 4 is 29.9 Å². The summed E-state index contributed by atoms with van der Waals surface area (Å²) in [5, 5.41) is 5.04. The second-order valence-electron chi connectivity index (χ2n) is 11.6. The lowest BCUT2D eigenvalue weighted by Gasteiger charge is -2.24. The smallest absolute Gasteiger partial charge is 0.408 e. The maximum Gasteiger partial charge on any atom is 0.408 e. The Labute approximate surface area is 284 Å². The maximum atomic E-state index is 13.1. The second-order valence-corrected chi connectivity index (χ2v) is 11.6. The highest BCUT2D eigenvalue weighted by atomic mass is 16.6. The van der Waals surface area contributed by atoms with Gasteiger partial charge in [0.25, 0.3) is 0 Å². The summed E-state index contributed by atoms with van der Waals surface area (Å²) in [6.45, 7) is 5.66. The van der Waals surface area contributed by atoms with Gasteiger partial charge >= 0.3 is 29.8 Å². The first-order valence-electron chi connectivity index (χ1n) is 15.6. The van der Waals surface area contributed by atoms with E-state index in [2.05, 4.69) is 15.6 Å². The van der Waals surface area contributed by atoms with E-state index in [9.17, 15) is 24.0 Å². The van der Waals surface area contributed by atoms with Crippen molar-refractivity contribution in [3.05, 3.63) is 94.5 Å². The summed E-state index contributed by atoms with van der Waals surface area (Å²) >= 11 is 0. The van der Waals surface area contributed by atoms with E-state index in [1.165, 1.54) is 12.3 Å². The van der Waals surface area contributed by atoms with Gasteiger partial charge in [-0.3, -0.25) is 4.57 Å². The third-order valence-corrected chi connectivity index (χ3v) is 6.98. The number of anilines is 1. The van der Waals surface area contributed by atoms with Gasteiger partial charge in [-0.25, -0.2) is 24.0 Å². The minimum Gasteiger partial charge on any atom is -0.461 e. The van der Waals surface area contributed by atoms with Gasteiger partial charge in [0.05, 0.1) is 0 Å². The fourth-order valence-corrected chi connectivity index (χ4v) is 4.18. The molecule has 0 bridgehead atoms. The number of nitrogens with zero attached hydrogens (tertiary/aromatic N) is 2. The van der Waals surface area contributed by atoms with Crippen LogP contribution in [0.1, 0.15) is 38.8 Å². The average Bonchev–Trinajstić information content (AvgIpc) is 3.08. The number of ether oxygens (including phenoxy) is 5. The van der Waals surface area contributed by atoms with Crippen molar-refractivity contribution in [1.29, 1.82) is 0 Å². The molecule has 15 heteroatoms. The molecule has 264 valence electrons. The third-order valence-electron chi connectivity index (χ3n) is 6.98. The third kappa shape index (κ3) is 13.3. The summed E-state index contributed by atoms with van der Waals surface area (Å²) in [5.41, 5.74) is 6.41. The largest absolute Gasteiger partial charge is 0.461 e. The summed E-state index contributed by atoms with van der Waals surface area (Å²) < 4.78 is 28.3. The van der Waals surface area contributed by atoms with Crippen molar-refractivity contribution in [2.24, 2.45) is 11.8 Å². The first-order valence-corrected chi connectivity index (χ1v) is 15.6. The molecule has 0 aliphatic carbocycles. The monoisotopic (exact) mass is 681 g/mol. The van der Waals surface area contributed by atoms with Crippen LogP contribution in [0.5, 0.6) is 0 Å². The summed E-state index contributed by atoms with van der Waals surface area (Å²) in [6, 6.07) is 17.3. The Hall–Kier alpha value is -5.44. The molecule has 0 aliphatic rings. The Balaban J connectivity index is 1.62. The molecule has 15 nitrogen and oxygen atoms in total. The Morgan fingerprint density at radius 1 is 0.714 bits per heavy atom. The quantitative estimate of drug-likeness (QED) is 0.139. The van der Waals surface area contributed by atoms with Gasteiger partial charge in [-0.2, -0.15) is 4.98 Å². The molecule has 0 unspecified atom stereocenters. The van der Waals surface area contributed by atoms with Crippen molar-refractivity contribution < 1.29 is 42.9 Å². The Morgan fingerprint density at radius 3 is 1.57 bits per heavy atom. The SMILES string of the molecule is CC(C)[C@H](NC(=O)OCc1ccccc1)C(=O)OCC(COC(=O)[C@@H](NC(=O)OCc1ccccc1)C(C)C)OCn1ccc(N)nc1=O. The van der Waals surface area contributed by atoms with Crippen LogP contribution in [0.25, 0.3) is 0 Å². The van der Waals surface area contributed by atoms with E-state index in [0.717, 1.165) is 15.7 Å². The molecule has 0 aliphatic heterocycles. The van der Waals surface area contributed by atoms with Crippen LogP contribution in [-0.2, 0) is 53.2 Å². The Morgan fingerprint density at radius 2 is 1.16 bits per heavy atom. The lowest BCUT2D eigenvalue weighted by atomic mass is 10.1. The number of alkyl carbamates (subject to hydrolysis) is 2. The number of rotatable bonds is 17. The van der Waals surface area contributed by atoms with Crippen molar-refractivity contribution in [1.82, 2.24) is 20.2 Å². The zero-order valence-corrected chi connectivity index (χ0v) is 27.9. The maximum absolute atomic E-state index is 13.1. The first kappa shape index (κ1) is 38.0. The van der Waals surface area contributed by atoms with Crippen molar-refractivity contribution in [2.45, 2.75) is 65.8 Å². The molecule has 0 fully saturated rings. The van der Waals surface area contributed by atoms with Crippen LogP contribution in [-0.4, -0.2) is 65.1 Å². The standard InChI is InChI=1S/C34H43N5O10/c1-22(2)28(37-33(43)47-17-24-11-7-5-8-12-24)30(40)45-19-26(49-21-39-16-15-27(35)36-32(39)42)20-46-31(41)29(23(3)4)38-34(44)48-18-25-13-9-6-10-14-25/h5-16,22-23,26,28-29H,17-21H2,1-4H3,(H,37,43)(H,38,44)(H2,35,36,42)/t28-,29-/m0/s1. The minimum absolute atomic E-state index is 0.00412. The molecule has 3 rings (SSSR count). The molecule has 1 aromatic heterocycles. The van der Waals surface area contributed by atoms with Gasteiger partial charge in [0.2, 0.25) is 0 Å². The summed E-state index contributed by atoms with van der Waals surface area (Å²) in [4.78, 5) is 67.0. The summed E-state index contributed by atoms with van der Waals surface area (Å²) in [5.74, 6) is -2.33. The van der Waals surface area contributed by atoms with Gasteiger partial charge in [0.15, 0.2) is 0 Å². The Bertz CT molecular complexity index is 1480. The molecular formula is C34H43N5O10. The van der Waals surface area contributed by atoms with E-state index in [0.29, 0.717) is 0 Å². The second kappa shape index (κ2) is 19.4. The van der Waals surface area contributed by atoms with Crippen LogP contribution >= 0.6 is 0 Å². The molecule has 2 aromatic carbocycles. The molecular weight excluding hydrogens is 638 g/mol. The first-order chi connectivity index (χ1) is 23.4. The summed E-state index contributed by atoms with van der Waals surface area (Å²) in [6.07, 6.45) is -1.34. The number of hydrogen-bond acceptors (Lipinski definition) is 12. The highest BCUT2D eigenvalue weighted by molar-refractivity contribution is 5.82. The number of nitrogens with one attached hydrogen (secondary N) is 2. The number of nitrogen functional groups attached to an aromatic ring is 1. The molecule has 2 amide bonds. The van der Waals surface area contributed by atoms with E-state index < -0.39 is 61.2 Å². The zero-order valence-electron chi connectivity index (χ0n) is 27.9. The topological polar surface area (TPSA) is 199 Å². The van der Waals surface area contributed by atoms with E-state index in [-0.39, 0.29) is 37.6 Å². The highest BCUT2D eigenvalue weighted by Gasteiger charge is 2.30. The number of esters is 2. The highest BCUT2D eigenvalue weighted by Crippen LogP contribution is 2.10. The average molecular weight is 682 g/mol. The molecule has 2 atom stereocenters. The number of carbonyl (C=O) groups is 4. The number of aromatic nitrogens is 2. The van der Waals surface area contributed by atoms with E-state index in [1.807, 2.05) is 12.1 Å². The fraction of sp³-hybridized carbons (Fsp3) is 0.412. The van der Waals surface area contributed by atoms with E-state index in [4.69, 9.17) is 29.4 Å². The number of benzene rings is 2. The number of hydrogen-bond donors (Lipinski definition) is 3. The van der Waals surface area contributed by atoms with Gasteiger partial charge in [-0.15, -0.1) is 0 Å². The molecule has 3 aromatic rings. The minimum atomic E-state index is -1.08.